The Morgan fingerprint density at radius 3 is 2.57 bits per heavy atom. The van der Waals surface area contributed by atoms with Gasteiger partial charge in [-0.15, -0.1) is 0 Å². The summed E-state index contributed by atoms with van der Waals surface area (Å²) in [5.74, 6) is 1.12. The highest BCUT2D eigenvalue weighted by molar-refractivity contribution is 6.01. The van der Waals surface area contributed by atoms with Gasteiger partial charge in [0, 0.05) is 12.1 Å². The quantitative estimate of drug-likeness (QED) is 0.866. The van der Waals surface area contributed by atoms with Gasteiger partial charge in [0.25, 0.3) is 5.91 Å². The minimum atomic E-state index is -0.538. The van der Waals surface area contributed by atoms with Crippen LogP contribution in [0.2, 0.25) is 0 Å². The first-order valence-electron chi connectivity index (χ1n) is 9.47. The maximum absolute atomic E-state index is 12.9. The van der Waals surface area contributed by atoms with E-state index >= 15 is 0 Å². The van der Waals surface area contributed by atoms with E-state index < -0.39 is 6.04 Å². The molecule has 0 saturated heterocycles. The Kier molecular flexibility index (Phi) is 4.71. The Hall–Kier alpha value is -3.02. The summed E-state index contributed by atoms with van der Waals surface area (Å²) in [6.45, 7) is 2.25. The minimum absolute atomic E-state index is 0.0866. The molecule has 1 aliphatic carbocycles. The van der Waals surface area contributed by atoms with Crippen LogP contribution in [0.3, 0.4) is 0 Å². The van der Waals surface area contributed by atoms with E-state index in [2.05, 4.69) is 5.32 Å². The van der Waals surface area contributed by atoms with Gasteiger partial charge in [-0.25, -0.2) is 0 Å². The van der Waals surface area contributed by atoms with Gasteiger partial charge in [-0.2, -0.15) is 0 Å². The van der Waals surface area contributed by atoms with Crippen molar-refractivity contribution in [3.8, 4) is 11.5 Å². The molecule has 1 heterocycles. The maximum atomic E-state index is 12.9. The van der Waals surface area contributed by atoms with Gasteiger partial charge in [0.2, 0.25) is 5.91 Å². The summed E-state index contributed by atoms with van der Waals surface area (Å²) in [5.41, 5.74) is 3.86. The highest BCUT2D eigenvalue weighted by atomic mass is 16.5. The van der Waals surface area contributed by atoms with E-state index in [4.69, 9.17) is 9.47 Å². The highest BCUT2D eigenvalue weighted by Gasteiger charge is 2.35. The lowest BCUT2D eigenvalue weighted by Gasteiger charge is -2.25. The zero-order valence-corrected chi connectivity index (χ0v) is 16.3. The number of nitrogens with one attached hydrogen (secondary N) is 1. The summed E-state index contributed by atoms with van der Waals surface area (Å²) in [4.78, 5) is 27.2. The Morgan fingerprint density at radius 1 is 1.14 bits per heavy atom. The monoisotopic (exact) mass is 380 g/mol. The summed E-state index contributed by atoms with van der Waals surface area (Å²) < 4.78 is 10.8. The molecule has 0 aromatic heterocycles. The fraction of sp³-hybridized carbons (Fsp3) is 0.364. The minimum Gasteiger partial charge on any atom is -0.493 e. The number of rotatable bonds is 5. The molecular formula is C22H24N2O4. The first kappa shape index (κ1) is 18.3. The molecule has 2 atom stereocenters. The molecule has 0 saturated carbocycles. The van der Waals surface area contributed by atoms with Crippen molar-refractivity contribution >= 4 is 11.8 Å². The van der Waals surface area contributed by atoms with Gasteiger partial charge >= 0.3 is 0 Å². The topological polar surface area (TPSA) is 67.9 Å². The number of benzene rings is 2. The van der Waals surface area contributed by atoms with Crippen LogP contribution in [-0.4, -0.2) is 37.0 Å². The molecule has 0 bridgehead atoms. The summed E-state index contributed by atoms with van der Waals surface area (Å²) >= 11 is 0. The first-order valence-corrected chi connectivity index (χ1v) is 9.47. The predicted molar refractivity (Wildman–Crippen MR) is 105 cm³/mol. The van der Waals surface area contributed by atoms with Crippen molar-refractivity contribution in [3.63, 3.8) is 0 Å². The van der Waals surface area contributed by atoms with Gasteiger partial charge < -0.3 is 19.7 Å². The molecule has 1 aliphatic heterocycles. The molecule has 0 radical (unpaired) electrons. The summed E-state index contributed by atoms with van der Waals surface area (Å²) in [7, 11) is 3.22. The van der Waals surface area contributed by atoms with Gasteiger partial charge in [0.05, 0.1) is 20.3 Å². The van der Waals surface area contributed by atoms with Crippen LogP contribution in [-0.2, 0) is 17.8 Å². The molecule has 2 aromatic carbocycles. The third kappa shape index (κ3) is 2.99. The number of ether oxygens (including phenoxy) is 2. The van der Waals surface area contributed by atoms with Crippen molar-refractivity contribution < 1.29 is 19.1 Å². The zero-order chi connectivity index (χ0) is 19.8. The van der Waals surface area contributed by atoms with Crippen LogP contribution in [0.1, 0.15) is 46.4 Å². The van der Waals surface area contributed by atoms with Crippen LogP contribution in [0.15, 0.2) is 36.4 Å². The van der Waals surface area contributed by atoms with E-state index in [1.54, 1.807) is 26.0 Å². The molecule has 28 heavy (non-hydrogen) atoms. The molecule has 0 fully saturated rings. The van der Waals surface area contributed by atoms with Crippen LogP contribution in [0, 0.1) is 0 Å². The highest BCUT2D eigenvalue weighted by Crippen LogP contribution is 2.39. The number of methoxy groups -OCH3 is 2. The smallest absolute Gasteiger partial charge is 0.255 e. The number of carbonyl (C=O) groups excluding carboxylic acids is 2. The number of fused-ring (bicyclic) bond motifs is 2. The third-order valence-corrected chi connectivity index (χ3v) is 5.74. The van der Waals surface area contributed by atoms with E-state index in [0.29, 0.717) is 23.6 Å². The van der Waals surface area contributed by atoms with Crippen LogP contribution in [0.25, 0.3) is 0 Å². The Labute approximate surface area is 164 Å². The number of aryl methyl sites for hydroxylation is 1. The van der Waals surface area contributed by atoms with Crippen molar-refractivity contribution in [3.05, 3.63) is 58.7 Å². The molecule has 0 spiro atoms. The van der Waals surface area contributed by atoms with E-state index in [1.807, 2.05) is 36.4 Å². The van der Waals surface area contributed by atoms with Crippen LogP contribution in [0.5, 0.6) is 11.5 Å². The average molecular weight is 380 g/mol. The van der Waals surface area contributed by atoms with Crippen molar-refractivity contribution in [2.24, 2.45) is 0 Å². The van der Waals surface area contributed by atoms with Gasteiger partial charge in [-0.05, 0) is 54.7 Å². The summed E-state index contributed by atoms with van der Waals surface area (Å²) in [6, 6.07) is 10.8. The maximum Gasteiger partial charge on any atom is 0.255 e. The Morgan fingerprint density at radius 2 is 1.86 bits per heavy atom. The van der Waals surface area contributed by atoms with E-state index in [0.717, 1.165) is 29.5 Å². The van der Waals surface area contributed by atoms with Gasteiger partial charge in [-0.3, -0.25) is 9.59 Å². The van der Waals surface area contributed by atoms with Crippen molar-refractivity contribution in [2.75, 3.05) is 14.2 Å². The van der Waals surface area contributed by atoms with E-state index in [9.17, 15) is 9.59 Å². The molecular weight excluding hydrogens is 356 g/mol. The molecule has 2 aliphatic rings. The van der Waals surface area contributed by atoms with Gasteiger partial charge in [-0.1, -0.05) is 18.2 Å². The standard InChI is InChI=1S/C22H24N2O4/c1-13(24-12-15-6-4-5-7-16(15)22(24)26)21(25)23-18-9-8-14-10-19(27-2)20(28-3)11-17(14)18/h4-7,10-11,13,18H,8-9,12H2,1-3H3,(H,23,25)/t13-,18+/m0/s1. The number of hydrogen-bond acceptors (Lipinski definition) is 4. The molecule has 0 unspecified atom stereocenters. The van der Waals surface area contributed by atoms with Crippen molar-refractivity contribution in [2.45, 2.75) is 38.4 Å². The fourth-order valence-electron chi connectivity index (χ4n) is 4.11. The molecule has 6 heteroatoms. The normalized spacial score (nSPS) is 18.5. The third-order valence-electron chi connectivity index (χ3n) is 5.74. The Bertz CT molecular complexity index is 940. The molecule has 2 amide bonds. The van der Waals surface area contributed by atoms with E-state index in [-0.39, 0.29) is 17.9 Å². The second-order valence-electron chi connectivity index (χ2n) is 7.27. The van der Waals surface area contributed by atoms with E-state index in [1.165, 1.54) is 0 Å². The zero-order valence-electron chi connectivity index (χ0n) is 16.3. The fourth-order valence-corrected chi connectivity index (χ4v) is 4.11. The molecule has 2 aromatic rings. The molecule has 6 nitrogen and oxygen atoms in total. The lowest BCUT2D eigenvalue weighted by molar-refractivity contribution is -0.126. The molecule has 4 rings (SSSR count). The number of carbonyl (C=O) groups is 2. The van der Waals surface area contributed by atoms with Crippen molar-refractivity contribution in [1.29, 1.82) is 0 Å². The predicted octanol–water partition coefficient (Wildman–Crippen LogP) is 2.85. The van der Waals surface area contributed by atoms with Crippen LogP contribution in [0.4, 0.5) is 0 Å². The van der Waals surface area contributed by atoms with Gasteiger partial charge in [0.1, 0.15) is 6.04 Å². The largest absolute Gasteiger partial charge is 0.493 e. The second-order valence-corrected chi connectivity index (χ2v) is 7.27. The number of hydrogen-bond donors (Lipinski definition) is 1. The Balaban J connectivity index is 1.49. The van der Waals surface area contributed by atoms with Crippen LogP contribution >= 0.6 is 0 Å². The lowest BCUT2D eigenvalue weighted by Crippen LogP contribution is -2.46. The van der Waals surface area contributed by atoms with Crippen LogP contribution < -0.4 is 14.8 Å². The number of amides is 2. The number of nitrogens with zero attached hydrogens (tertiary/aromatic N) is 1. The molecule has 146 valence electrons. The second kappa shape index (κ2) is 7.19. The average Bonchev–Trinajstić information content (AvgIpc) is 3.27. The lowest BCUT2D eigenvalue weighted by atomic mass is 10.1. The van der Waals surface area contributed by atoms with Crippen molar-refractivity contribution in [1.82, 2.24) is 10.2 Å². The SMILES string of the molecule is COc1cc2c(cc1OC)[C@H](NC(=O)[C@H](C)N1Cc3ccccc3C1=O)CC2. The summed E-state index contributed by atoms with van der Waals surface area (Å²) in [6.07, 6.45) is 1.68. The first-order chi connectivity index (χ1) is 13.5. The summed E-state index contributed by atoms with van der Waals surface area (Å²) in [5, 5.41) is 3.12. The van der Waals surface area contributed by atoms with Gasteiger partial charge in [0.15, 0.2) is 11.5 Å². The molecule has 1 N–H and O–H groups in total.